The second kappa shape index (κ2) is 8.89. The van der Waals surface area contributed by atoms with E-state index < -0.39 is 0 Å². The Morgan fingerprint density at radius 1 is 1.46 bits per heavy atom. The summed E-state index contributed by atoms with van der Waals surface area (Å²) in [6.07, 6.45) is 2.85. The maximum atomic E-state index is 12.7. The molecule has 1 aromatic carbocycles. The molecular weight excluding hydrogens is 350 g/mol. The Bertz CT molecular complexity index is 747. The molecule has 0 aliphatic carbocycles. The van der Waals surface area contributed by atoms with Gasteiger partial charge in [0.2, 0.25) is 0 Å². The fourth-order valence-electron chi connectivity index (χ4n) is 2.93. The normalized spacial score (nSPS) is 14.0. The Morgan fingerprint density at radius 2 is 2.35 bits per heavy atom. The van der Waals surface area contributed by atoms with Gasteiger partial charge in [0.05, 0.1) is 37.5 Å². The Kier molecular flexibility index (Phi) is 6.33. The van der Waals surface area contributed by atoms with E-state index in [0.717, 1.165) is 41.3 Å². The van der Waals surface area contributed by atoms with Crippen LogP contribution >= 0.6 is 11.3 Å². The lowest BCUT2D eigenvalue weighted by molar-refractivity contribution is 0.179. The van der Waals surface area contributed by atoms with Gasteiger partial charge < -0.3 is 19.7 Å². The van der Waals surface area contributed by atoms with Crippen LogP contribution in [0.25, 0.3) is 0 Å². The van der Waals surface area contributed by atoms with E-state index in [2.05, 4.69) is 17.2 Å². The summed E-state index contributed by atoms with van der Waals surface area (Å²) in [6, 6.07) is 5.69. The lowest BCUT2D eigenvalue weighted by Gasteiger charge is -2.27. The van der Waals surface area contributed by atoms with Gasteiger partial charge in [0, 0.05) is 17.5 Å². The first-order valence-electron chi connectivity index (χ1n) is 8.96. The van der Waals surface area contributed by atoms with Gasteiger partial charge in [-0.05, 0) is 25.3 Å². The number of amides is 2. The zero-order chi connectivity index (χ0) is 18.4. The zero-order valence-corrected chi connectivity index (χ0v) is 16.1. The first-order chi connectivity index (χ1) is 12.7. The Labute approximate surface area is 158 Å². The minimum absolute atomic E-state index is 0.0780. The molecule has 1 N–H and O–H groups in total. The number of fused-ring (bicyclic) bond motifs is 1. The third-order valence-corrected chi connectivity index (χ3v) is 5.19. The number of nitrogens with zero attached hydrogens (tertiary/aromatic N) is 2. The summed E-state index contributed by atoms with van der Waals surface area (Å²) in [4.78, 5) is 19.0. The Balaban J connectivity index is 1.64. The monoisotopic (exact) mass is 375 g/mol. The molecule has 0 unspecified atom stereocenters. The Morgan fingerprint density at radius 3 is 3.15 bits per heavy atom. The molecule has 2 amide bonds. The van der Waals surface area contributed by atoms with Crippen LogP contribution in [0, 0.1) is 0 Å². The quantitative estimate of drug-likeness (QED) is 0.867. The van der Waals surface area contributed by atoms with Gasteiger partial charge in [-0.3, -0.25) is 0 Å². The molecule has 0 radical (unpaired) electrons. The highest BCUT2D eigenvalue weighted by atomic mass is 32.1. The second-order valence-corrected chi connectivity index (χ2v) is 7.16. The van der Waals surface area contributed by atoms with Crippen molar-refractivity contribution in [3.63, 3.8) is 0 Å². The van der Waals surface area contributed by atoms with Crippen molar-refractivity contribution in [2.45, 2.75) is 39.3 Å². The molecule has 2 aromatic rings. The lowest BCUT2D eigenvalue weighted by atomic mass is 10.1. The van der Waals surface area contributed by atoms with Gasteiger partial charge in [-0.25, -0.2) is 9.78 Å². The van der Waals surface area contributed by atoms with Crippen LogP contribution in [0.15, 0.2) is 23.6 Å². The van der Waals surface area contributed by atoms with Gasteiger partial charge in [-0.15, -0.1) is 11.3 Å². The molecule has 3 rings (SSSR count). The summed E-state index contributed by atoms with van der Waals surface area (Å²) in [7, 11) is 1.63. The predicted octanol–water partition coefficient (Wildman–Crippen LogP) is 3.60. The van der Waals surface area contributed by atoms with Crippen LogP contribution in [0.5, 0.6) is 11.5 Å². The van der Waals surface area contributed by atoms with Gasteiger partial charge in [-0.1, -0.05) is 19.1 Å². The van der Waals surface area contributed by atoms with Gasteiger partial charge in [-0.2, -0.15) is 0 Å². The zero-order valence-electron chi connectivity index (χ0n) is 15.3. The van der Waals surface area contributed by atoms with Crippen molar-refractivity contribution in [3.8, 4) is 11.5 Å². The SMILES string of the molecule is CCCc1nc(CNC(=O)N2CCCOc3c(cccc3OC)C2)cs1. The maximum absolute atomic E-state index is 12.7. The number of benzene rings is 1. The van der Waals surface area contributed by atoms with Crippen LogP contribution in [0.3, 0.4) is 0 Å². The molecule has 0 saturated carbocycles. The van der Waals surface area contributed by atoms with Crippen molar-refractivity contribution in [1.82, 2.24) is 15.2 Å². The molecule has 0 saturated heterocycles. The van der Waals surface area contributed by atoms with E-state index in [1.54, 1.807) is 18.4 Å². The van der Waals surface area contributed by atoms with Crippen LogP contribution in [-0.2, 0) is 19.5 Å². The molecule has 6 nitrogen and oxygen atoms in total. The average molecular weight is 375 g/mol. The third kappa shape index (κ3) is 4.46. The number of nitrogens with one attached hydrogen (secondary N) is 1. The van der Waals surface area contributed by atoms with E-state index in [1.165, 1.54) is 0 Å². The molecule has 1 aliphatic rings. The van der Waals surface area contributed by atoms with Gasteiger partial charge in [0.1, 0.15) is 0 Å². The van der Waals surface area contributed by atoms with Crippen LogP contribution in [0.4, 0.5) is 4.79 Å². The Hall–Kier alpha value is -2.28. The standard InChI is InChI=1S/C19H25N3O3S/c1-3-6-17-21-15(13-26-17)11-20-19(23)22-9-5-10-25-18-14(12-22)7-4-8-16(18)24-2/h4,7-8,13H,3,5-6,9-12H2,1-2H3,(H,20,23). The molecule has 0 spiro atoms. The number of aromatic nitrogens is 1. The van der Waals surface area contributed by atoms with Crippen LogP contribution < -0.4 is 14.8 Å². The van der Waals surface area contributed by atoms with E-state index in [0.29, 0.717) is 32.0 Å². The molecule has 0 atom stereocenters. The minimum Gasteiger partial charge on any atom is -0.493 e. The van der Waals surface area contributed by atoms with Crippen molar-refractivity contribution in [2.75, 3.05) is 20.3 Å². The summed E-state index contributed by atoms with van der Waals surface area (Å²) >= 11 is 1.66. The molecule has 7 heteroatoms. The number of urea groups is 1. The number of aryl methyl sites for hydroxylation is 1. The highest BCUT2D eigenvalue weighted by molar-refractivity contribution is 7.09. The summed E-state index contributed by atoms with van der Waals surface area (Å²) in [5.41, 5.74) is 1.88. The van der Waals surface area contributed by atoms with E-state index in [1.807, 2.05) is 28.5 Å². The molecule has 2 heterocycles. The lowest BCUT2D eigenvalue weighted by Crippen LogP contribution is -2.41. The molecule has 1 aromatic heterocycles. The fourth-order valence-corrected chi connectivity index (χ4v) is 3.83. The molecular formula is C19H25N3O3S. The summed E-state index contributed by atoms with van der Waals surface area (Å²) in [5, 5.41) is 6.14. The molecule has 1 aliphatic heterocycles. The van der Waals surface area contributed by atoms with E-state index in [4.69, 9.17) is 9.47 Å². The number of para-hydroxylation sites is 1. The van der Waals surface area contributed by atoms with Crippen molar-refractivity contribution < 1.29 is 14.3 Å². The van der Waals surface area contributed by atoms with Crippen molar-refractivity contribution in [1.29, 1.82) is 0 Å². The third-order valence-electron chi connectivity index (χ3n) is 4.23. The fraction of sp³-hybridized carbons (Fsp3) is 0.474. The predicted molar refractivity (Wildman–Crippen MR) is 102 cm³/mol. The van der Waals surface area contributed by atoms with E-state index in [9.17, 15) is 4.79 Å². The number of thiazole rings is 1. The van der Waals surface area contributed by atoms with Gasteiger partial charge in [0.25, 0.3) is 0 Å². The van der Waals surface area contributed by atoms with Gasteiger partial charge in [0.15, 0.2) is 11.5 Å². The maximum Gasteiger partial charge on any atom is 0.318 e. The number of rotatable bonds is 5. The summed E-state index contributed by atoms with van der Waals surface area (Å²) in [6.45, 7) is 4.30. The molecule has 26 heavy (non-hydrogen) atoms. The average Bonchev–Trinajstić information content (AvgIpc) is 3.07. The number of carbonyl (C=O) groups excluding carboxylic acids is 1. The van der Waals surface area contributed by atoms with Crippen molar-refractivity contribution in [2.24, 2.45) is 0 Å². The molecule has 140 valence electrons. The van der Waals surface area contributed by atoms with Crippen molar-refractivity contribution >= 4 is 17.4 Å². The number of ether oxygens (including phenoxy) is 2. The summed E-state index contributed by atoms with van der Waals surface area (Å²) in [5.74, 6) is 1.44. The number of carbonyl (C=O) groups is 1. The van der Waals surface area contributed by atoms with Crippen LogP contribution in [0.2, 0.25) is 0 Å². The highest BCUT2D eigenvalue weighted by Gasteiger charge is 2.20. The van der Waals surface area contributed by atoms with Gasteiger partial charge >= 0.3 is 6.03 Å². The minimum atomic E-state index is -0.0780. The second-order valence-electron chi connectivity index (χ2n) is 6.21. The topological polar surface area (TPSA) is 63.7 Å². The highest BCUT2D eigenvalue weighted by Crippen LogP contribution is 2.33. The first-order valence-corrected chi connectivity index (χ1v) is 9.84. The van der Waals surface area contributed by atoms with Crippen LogP contribution in [-0.4, -0.2) is 36.2 Å². The number of hydrogen-bond acceptors (Lipinski definition) is 5. The molecule has 0 bridgehead atoms. The molecule has 0 fully saturated rings. The number of hydrogen-bond donors (Lipinski definition) is 1. The van der Waals surface area contributed by atoms with E-state index >= 15 is 0 Å². The largest absolute Gasteiger partial charge is 0.493 e. The van der Waals surface area contributed by atoms with Crippen LogP contribution in [0.1, 0.15) is 36.0 Å². The first kappa shape index (κ1) is 18.5. The van der Waals surface area contributed by atoms with E-state index in [-0.39, 0.29) is 6.03 Å². The van der Waals surface area contributed by atoms with Crippen molar-refractivity contribution in [3.05, 3.63) is 39.8 Å². The number of methoxy groups -OCH3 is 1. The summed E-state index contributed by atoms with van der Waals surface area (Å²) < 4.78 is 11.2. The smallest absolute Gasteiger partial charge is 0.318 e.